The Morgan fingerprint density at radius 3 is 3.20 bits per heavy atom. The summed E-state index contributed by atoms with van der Waals surface area (Å²) in [5, 5.41) is 11.8. The van der Waals surface area contributed by atoms with E-state index in [1.165, 1.54) is 12.8 Å². The number of hydrogen-bond donors (Lipinski definition) is 1. The molecule has 1 N–H and O–H groups in total. The Morgan fingerprint density at radius 2 is 2.33 bits per heavy atom. The predicted octanol–water partition coefficient (Wildman–Crippen LogP) is 0.939. The van der Waals surface area contributed by atoms with Crippen LogP contribution in [-0.4, -0.2) is 26.1 Å². The van der Waals surface area contributed by atoms with Crippen molar-refractivity contribution in [3.05, 3.63) is 24.4 Å². The molecule has 3 heterocycles. The summed E-state index contributed by atoms with van der Waals surface area (Å²) in [6.45, 7) is 1.07. The zero-order valence-corrected chi connectivity index (χ0v) is 8.43. The molecular formula is C10H13N5. The van der Waals surface area contributed by atoms with Crippen molar-refractivity contribution in [1.29, 1.82) is 0 Å². The van der Waals surface area contributed by atoms with E-state index < -0.39 is 0 Å². The van der Waals surface area contributed by atoms with E-state index in [1.807, 2.05) is 10.5 Å². The van der Waals surface area contributed by atoms with Crippen molar-refractivity contribution in [3.8, 4) is 0 Å². The maximum Gasteiger partial charge on any atom is 0.163 e. The Bertz CT molecular complexity index is 458. The standard InChI is InChI=1S/C10H13N5/c1-2-5-12-8(3-1)10-14-13-9-4-6-11-7-15(9)10/h4,6-8,12H,1-3,5H2. The molecule has 1 fully saturated rings. The first-order chi connectivity index (χ1) is 7.45. The van der Waals surface area contributed by atoms with Crippen LogP contribution < -0.4 is 5.32 Å². The van der Waals surface area contributed by atoms with Crippen LogP contribution in [0.1, 0.15) is 31.1 Å². The van der Waals surface area contributed by atoms with Gasteiger partial charge in [0.25, 0.3) is 0 Å². The molecule has 5 nitrogen and oxygen atoms in total. The Hall–Kier alpha value is -1.49. The smallest absolute Gasteiger partial charge is 0.163 e. The van der Waals surface area contributed by atoms with Crippen LogP contribution in [0, 0.1) is 0 Å². The van der Waals surface area contributed by atoms with Gasteiger partial charge in [0.15, 0.2) is 11.5 Å². The minimum absolute atomic E-state index is 0.331. The van der Waals surface area contributed by atoms with Crippen molar-refractivity contribution in [3.63, 3.8) is 0 Å². The van der Waals surface area contributed by atoms with E-state index in [2.05, 4.69) is 20.5 Å². The van der Waals surface area contributed by atoms with Crippen molar-refractivity contribution in [2.24, 2.45) is 0 Å². The summed E-state index contributed by atoms with van der Waals surface area (Å²) in [5.41, 5.74) is 0.868. The highest BCUT2D eigenvalue weighted by molar-refractivity contribution is 5.35. The topological polar surface area (TPSA) is 55.1 Å². The van der Waals surface area contributed by atoms with E-state index in [-0.39, 0.29) is 0 Å². The number of piperidine rings is 1. The number of nitrogens with one attached hydrogen (secondary N) is 1. The SMILES string of the molecule is c1cc2nnc(C3CCCCN3)n2cn1. The zero-order chi connectivity index (χ0) is 10.1. The number of aromatic nitrogens is 4. The Balaban J connectivity index is 2.02. The number of hydrogen-bond acceptors (Lipinski definition) is 4. The highest BCUT2D eigenvalue weighted by Gasteiger charge is 2.19. The van der Waals surface area contributed by atoms with Gasteiger partial charge in [0.2, 0.25) is 0 Å². The van der Waals surface area contributed by atoms with E-state index in [0.29, 0.717) is 6.04 Å². The van der Waals surface area contributed by atoms with Crippen molar-refractivity contribution < 1.29 is 0 Å². The lowest BCUT2D eigenvalue weighted by Crippen LogP contribution is -2.28. The molecule has 0 aromatic carbocycles. The van der Waals surface area contributed by atoms with Crippen molar-refractivity contribution in [1.82, 2.24) is 24.9 Å². The molecule has 78 valence electrons. The number of fused-ring (bicyclic) bond motifs is 1. The van der Waals surface area contributed by atoms with Crippen molar-refractivity contribution in [2.45, 2.75) is 25.3 Å². The fourth-order valence-electron chi connectivity index (χ4n) is 2.07. The quantitative estimate of drug-likeness (QED) is 0.749. The molecular weight excluding hydrogens is 190 g/mol. The lowest BCUT2D eigenvalue weighted by atomic mass is 10.0. The molecule has 0 aliphatic carbocycles. The molecule has 0 spiro atoms. The minimum Gasteiger partial charge on any atom is -0.307 e. The third-order valence-corrected chi connectivity index (χ3v) is 2.86. The third-order valence-electron chi connectivity index (χ3n) is 2.86. The van der Waals surface area contributed by atoms with Gasteiger partial charge in [-0.1, -0.05) is 6.42 Å². The second-order valence-corrected chi connectivity index (χ2v) is 3.87. The fourth-order valence-corrected chi connectivity index (χ4v) is 2.07. The molecule has 1 aliphatic rings. The average Bonchev–Trinajstić information content (AvgIpc) is 2.74. The van der Waals surface area contributed by atoms with Gasteiger partial charge in [-0.15, -0.1) is 10.2 Å². The summed E-state index contributed by atoms with van der Waals surface area (Å²) in [7, 11) is 0. The number of nitrogens with zero attached hydrogens (tertiary/aromatic N) is 4. The maximum atomic E-state index is 4.23. The lowest BCUT2D eigenvalue weighted by molar-refractivity contribution is 0.395. The zero-order valence-electron chi connectivity index (χ0n) is 8.43. The predicted molar refractivity (Wildman–Crippen MR) is 55.4 cm³/mol. The number of rotatable bonds is 1. The van der Waals surface area contributed by atoms with E-state index in [1.54, 1.807) is 12.5 Å². The van der Waals surface area contributed by atoms with Crippen LogP contribution in [0.2, 0.25) is 0 Å². The molecule has 1 unspecified atom stereocenters. The van der Waals surface area contributed by atoms with Gasteiger partial charge in [0.1, 0.15) is 6.33 Å². The van der Waals surface area contributed by atoms with Crippen LogP contribution in [0.15, 0.2) is 18.6 Å². The van der Waals surface area contributed by atoms with E-state index in [4.69, 9.17) is 0 Å². The molecule has 0 amide bonds. The fraction of sp³-hybridized carbons (Fsp3) is 0.500. The van der Waals surface area contributed by atoms with Crippen LogP contribution in [0.3, 0.4) is 0 Å². The van der Waals surface area contributed by atoms with E-state index in [0.717, 1.165) is 24.4 Å². The molecule has 2 aromatic rings. The van der Waals surface area contributed by atoms with Gasteiger partial charge < -0.3 is 5.32 Å². The first kappa shape index (κ1) is 8.79. The Kier molecular flexibility index (Phi) is 2.10. The lowest BCUT2D eigenvalue weighted by Gasteiger charge is -2.21. The Morgan fingerprint density at radius 1 is 1.33 bits per heavy atom. The highest BCUT2D eigenvalue weighted by atomic mass is 15.3. The molecule has 1 atom stereocenters. The van der Waals surface area contributed by atoms with Gasteiger partial charge in [-0.05, 0) is 19.4 Å². The van der Waals surface area contributed by atoms with Crippen LogP contribution in [0.25, 0.3) is 5.65 Å². The third kappa shape index (κ3) is 1.48. The molecule has 15 heavy (non-hydrogen) atoms. The van der Waals surface area contributed by atoms with Gasteiger partial charge >= 0.3 is 0 Å². The summed E-state index contributed by atoms with van der Waals surface area (Å²) < 4.78 is 1.96. The second-order valence-electron chi connectivity index (χ2n) is 3.87. The van der Waals surface area contributed by atoms with Crippen molar-refractivity contribution >= 4 is 5.65 Å². The molecule has 0 bridgehead atoms. The molecule has 0 radical (unpaired) electrons. The average molecular weight is 203 g/mol. The molecule has 2 aromatic heterocycles. The molecule has 1 saturated heterocycles. The van der Waals surface area contributed by atoms with Gasteiger partial charge in [0.05, 0.1) is 6.04 Å². The largest absolute Gasteiger partial charge is 0.307 e. The summed E-state index contributed by atoms with van der Waals surface area (Å²) in [6.07, 6.45) is 7.16. The normalized spacial score (nSPS) is 22.0. The summed E-state index contributed by atoms with van der Waals surface area (Å²) in [6, 6.07) is 2.21. The van der Waals surface area contributed by atoms with Crippen LogP contribution in [0.5, 0.6) is 0 Å². The van der Waals surface area contributed by atoms with Gasteiger partial charge in [-0.3, -0.25) is 4.40 Å². The minimum atomic E-state index is 0.331. The van der Waals surface area contributed by atoms with Crippen molar-refractivity contribution in [2.75, 3.05) is 6.54 Å². The van der Waals surface area contributed by atoms with Gasteiger partial charge in [0, 0.05) is 12.3 Å². The Labute approximate surface area is 87.5 Å². The van der Waals surface area contributed by atoms with Gasteiger partial charge in [-0.2, -0.15) is 0 Å². The van der Waals surface area contributed by atoms with E-state index in [9.17, 15) is 0 Å². The molecule has 0 saturated carbocycles. The van der Waals surface area contributed by atoms with Crippen LogP contribution in [-0.2, 0) is 0 Å². The maximum absolute atomic E-state index is 4.23. The highest BCUT2D eigenvalue weighted by Crippen LogP contribution is 2.21. The van der Waals surface area contributed by atoms with Gasteiger partial charge in [-0.25, -0.2) is 4.98 Å². The molecule has 3 rings (SSSR count). The monoisotopic (exact) mass is 203 g/mol. The first-order valence-electron chi connectivity index (χ1n) is 5.33. The van der Waals surface area contributed by atoms with Crippen LogP contribution in [0.4, 0.5) is 0 Å². The molecule has 1 aliphatic heterocycles. The summed E-state index contributed by atoms with van der Waals surface area (Å²) in [4.78, 5) is 4.10. The molecule has 5 heteroatoms. The van der Waals surface area contributed by atoms with E-state index >= 15 is 0 Å². The first-order valence-corrected chi connectivity index (χ1v) is 5.33. The second kappa shape index (κ2) is 3.58. The summed E-state index contributed by atoms with van der Waals surface area (Å²) in [5.74, 6) is 0.984. The van der Waals surface area contributed by atoms with Crippen LogP contribution >= 0.6 is 0 Å². The summed E-state index contributed by atoms with van der Waals surface area (Å²) >= 11 is 0.